The molecule has 0 aromatic heterocycles. The van der Waals surface area contributed by atoms with Gasteiger partial charge in [-0.05, 0) is 47.9 Å². The molecule has 0 saturated heterocycles. The Morgan fingerprint density at radius 2 is 1.71 bits per heavy atom. The van der Waals surface area contributed by atoms with Crippen molar-refractivity contribution in [3.8, 4) is 5.75 Å². The molecule has 0 unspecified atom stereocenters. The summed E-state index contributed by atoms with van der Waals surface area (Å²) < 4.78 is 42.3. The summed E-state index contributed by atoms with van der Waals surface area (Å²) in [5.41, 5.74) is 0. The molecule has 0 fully saturated rings. The molecule has 2 aromatic carbocycles. The number of fused-ring (bicyclic) bond motifs is 1. The predicted molar refractivity (Wildman–Crippen MR) is 116 cm³/mol. The molecule has 0 N–H and O–H groups in total. The van der Waals surface area contributed by atoms with Gasteiger partial charge in [0.1, 0.15) is 11.8 Å². The molecule has 31 heavy (non-hydrogen) atoms. The Morgan fingerprint density at radius 1 is 1.03 bits per heavy atom. The largest absolute Gasteiger partial charge is 0.494 e. The van der Waals surface area contributed by atoms with Gasteiger partial charge < -0.3 is 14.2 Å². The molecule has 1 atom stereocenters. The molecule has 9 heteroatoms. The van der Waals surface area contributed by atoms with Crippen LogP contribution in [-0.2, 0) is 29.1 Å². The van der Waals surface area contributed by atoms with Crippen molar-refractivity contribution in [2.24, 2.45) is 0 Å². The van der Waals surface area contributed by atoms with E-state index in [1.807, 2.05) is 6.07 Å². The number of carbonyl (C=O) groups is 2. The zero-order chi connectivity index (χ0) is 23.0. The fourth-order valence-corrected chi connectivity index (χ4v) is 4.44. The monoisotopic (exact) mass is 451 g/mol. The van der Waals surface area contributed by atoms with E-state index in [0.717, 1.165) is 33.7 Å². The number of sulfonamides is 1. The first-order valence-electron chi connectivity index (χ1n) is 10.0. The lowest BCUT2D eigenvalue weighted by molar-refractivity contribution is -0.146. The second-order valence-electron chi connectivity index (χ2n) is 7.05. The van der Waals surface area contributed by atoms with E-state index in [4.69, 9.17) is 9.47 Å². The van der Waals surface area contributed by atoms with Gasteiger partial charge in [0.2, 0.25) is 10.0 Å². The van der Waals surface area contributed by atoms with Crippen LogP contribution in [0.3, 0.4) is 0 Å². The lowest BCUT2D eigenvalue weighted by atomic mass is 10.1. The van der Waals surface area contributed by atoms with E-state index in [0.29, 0.717) is 6.61 Å². The van der Waals surface area contributed by atoms with Crippen molar-refractivity contribution in [3.05, 3.63) is 36.4 Å². The fourth-order valence-electron chi connectivity index (χ4n) is 3.06. The summed E-state index contributed by atoms with van der Waals surface area (Å²) >= 11 is 0. The highest BCUT2D eigenvalue weighted by molar-refractivity contribution is 7.89. The second kappa shape index (κ2) is 11.1. The Labute approximate surface area is 183 Å². The summed E-state index contributed by atoms with van der Waals surface area (Å²) in [6.07, 6.45) is 1.82. The van der Waals surface area contributed by atoms with Gasteiger partial charge in [-0.25, -0.2) is 8.42 Å². The molecule has 0 aliphatic rings. The van der Waals surface area contributed by atoms with Crippen LogP contribution < -0.4 is 4.74 Å². The van der Waals surface area contributed by atoms with Crippen LogP contribution in [0.1, 0.15) is 32.6 Å². The smallest absolute Gasteiger partial charge is 0.324 e. The maximum atomic E-state index is 13.2. The van der Waals surface area contributed by atoms with Crippen LogP contribution in [0.2, 0.25) is 0 Å². The molecular formula is C22H29NO7S. The number of ether oxygens (including phenoxy) is 3. The fraction of sp³-hybridized carbons (Fsp3) is 0.455. The molecule has 0 aliphatic carbocycles. The minimum absolute atomic E-state index is 0.0362. The van der Waals surface area contributed by atoms with Crippen molar-refractivity contribution in [3.63, 3.8) is 0 Å². The molecule has 0 radical (unpaired) electrons. The summed E-state index contributed by atoms with van der Waals surface area (Å²) in [6, 6.07) is 9.03. The van der Waals surface area contributed by atoms with Crippen molar-refractivity contribution in [2.75, 3.05) is 27.9 Å². The van der Waals surface area contributed by atoms with Gasteiger partial charge in [-0.1, -0.05) is 25.5 Å². The van der Waals surface area contributed by atoms with Crippen LogP contribution in [-0.4, -0.2) is 58.6 Å². The standard InChI is InChI=1S/C22H29NO7S/c1-5-6-13-30-18-9-7-17-15-19(10-8-16(17)14-18)31(26,27)23(2)20(22(25)29-4)11-12-21(24)28-3/h7-10,14-15,20H,5-6,11-13H2,1-4H3/t20-/m1/s1. The molecule has 0 aliphatic heterocycles. The molecule has 0 bridgehead atoms. The third-order valence-corrected chi connectivity index (χ3v) is 6.85. The number of nitrogens with zero attached hydrogens (tertiary/aromatic N) is 1. The highest BCUT2D eigenvalue weighted by Crippen LogP contribution is 2.26. The topological polar surface area (TPSA) is 99.2 Å². The zero-order valence-corrected chi connectivity index (χ0v) is 19.1. The molecule has 2 rings (SSSR count). The van der Waals surface area contributed by atoms with Gasteiger partial charge in [0.15, 0.2) is 0 Å². The zero-order valence-electron chi connectivity index (χ0n) is 18.3. The van der Waals surface area contributed by atoms with Crippen LogP contribution >= 0.6 is 0 Å². The van der Waals surface area contributed by atoms with Gasteiger partial charge in [-0.3, -0.25) is 9.59 Å². The first kappa shape index (κ1) is 24.6. The normalized spacial score (nSPS) is 12.5. The highest BCUT2D eigenvalue weighted by atomic mass is 32.2. The first-order valence-corrected chi connectivity index (χ1v) is 11.5. The first-order chi connectivity index (χ1) is 14.7. The number of rotatable bonds is 11. The third kappa shape index (κ3) is 6.18. The summed E-state index contributed by atoms with van der Waals surface area (Å²) in [5, 5.41) is 1.56. The highest BCUT2D eigenvalue weighted by Gasteiger charge is 2.34. The number of carbonyl (C=O) groups excluding carboxylic acids is 2. The molecule has 170 valence electrons. The average molecular weight is 452 g/mol. The average Bonchev–Trinajstić information content (AvgIpc) is 2.78. The number of benzene rings is 2. The van der Waals surface area contributed by atoms with Gasteiger partial charge in [-0.15, -0.1) is 0 Å². The van der Waals surface area contributed by atoms with Crippen molar-refractivity contribution in [2.45, 2.75) is 43.5 Å². The van der Waals surface area contributed by atoms with Crippen LogP contribution in [0.5, 0.6) is 5.75 Å². The molecule has 0 spiro atoms. The van der Waals surface area contributed by atoms with Crippen LogP contribution in [0.25, 0.3) is 10.8 Å². The maximum absolute atomic E-state index is 13.2. The Balaban J connectivity index is 2.29. The van der Waals surface area contributed by atoms with E-state index < -0.39 is 28.0 Å². The Bertz CT molecular complexity index is 1020. The lowest BCUT2D eigenvalue weighted by Crippen LogP contribution is -2.43. The SMILES string of the molecule is CCCCOc1ccc2cc(S(=O)(=O)N(C)[C@H](CCC(=O)OC)C(=O)OC)ccc2c1. The van der Waals surface area contributed by atoms with Gasteiger partial charge >= 0.3 is 11.9 Å². The van der Waals surface area contributed by atoms with Crippen LogP contribution in [0.4, 0.5) is 0 Å². The van der Waals surface area contributed by atoms with E-state index in [-0.39, 0.29) is 17.7 Å². The summed E-state index contributed by atoms with van der Waals surface area (Å²) in [5.74, 6) is -0.561. The van der Waals surface area contributed by atoms with Gasteiger partial charge in [-0.2, -0.15) is 4.31 Å². The van der Waals surface area contributed by atoms with Crippen LogP contribution in [0, 0.1) is 0 Å². The minimum atomic E-state index is -4.02. The molecule has 0 amide bonds. The summed E-state index contributed by atoms with van der Waals surface area (Å²) in [4.78, 5) is 23.7. The lowest BCUT2D eigenvalue weighted by Gasteiger charge is -2.25. The van der Waals surface area contributed by atoms with Crippen molar-refractivity contribution < 1.29 is 32.2 Å². The van der Waals surface area contributed by atoms with Gasteiger partial charge in [0, 0.05) is 13.5 Å². The maximum Gasteiger partial charge on any atom is 0.324 e. The number of methoxy groups -OCH3 is 2. The quantitative estimate of drug-likeness (QED) is 0.382. The molecule has 0 saturated carbocycles. The Morgan fingerprint density at radius 3 is 2.35 bits per heavy atom. The number of esters is 2. The third-order valence-electron chi connectivity index (χ3n) is 4.99. The second-order valence-corrected chi connectivity index (χ2v) is 9.05. The Hall–Kier alpha value is -2.65. The van der Waals surface area contributed by atoms with Gasteiger partial charge in [0.25, 0.3) is 0 Å². The van der Waals surface area contributed by atoms with E-state index >= 15 is 0 Å². The molecular weight excluding hydrogens is 422 g/mol. The van der Waals surface area contributed by atoms with E-state index in [9.17, 15) is 18.0 Å². The minimum Gasteiger partial charge on any atom is -0.494 e. The number of unbranched alkanes of at least 4 members (excludes halogenated alkanes) is 1. The van der Waals surface area contributed by atoms with Crippen molar-refractivity contribution in [1.82, 2.24) is 4.31 Å². The van der Waals surface area contributed by atoms with Gasteiger partial charge in [0.05, 0.1) is 25.7 Å². The van der Waals surface area contributed by atoms with E-state index in [1.165, 1.54) is 27.3 Å². The Kier molecular flexibility index (Phi) is 8.82. The predicted octanol–water partition coefficient (Wildman–Crippen LogP) is 3.13. The number of hydrogen-bond donors (Lipinski definition) is 0. The molecule has 8 nitrogen and oxygen atoms in total. The van der Waals surface area contributed by atoms with Crippen LogP contribution in [0.15, 0.2) is 41.3 Å². The van der Waals surface area contributed by atoms with Crippen molar-refractivity contribution in [1.29, 1.82) is 0 Å². The van der Waals surface area contributed by atoms with E-state index in [2.05, 4.69) is 11.7 Å². The number of hydrogen-bond acceptors (Lipinski definition) is 7. The summed E-state index contributed by atoms with van der Waals surface area (Å²) in [7, 11) is -0.325. The molecule has 2 aromatic rings. The number of likely N-dealkylation sites (N-methyl/N-ethyl adjacent to an activating group) is 1. The van der Waals surface area contributed by atoms with E-state index in [1.54, 1.807) is 24.3 Å². The molecule has 0 heterocycles. The summed E-state index contributed by atoms with van der Waals surface area (Å²) in [6.45, 7) is 2.71. The van der Waals surface area contributed by atoms with Crippen molar-refractivity contribution >= 4 is 32.7 Å².